The van der Waals surface area contributed by atoms with Gasteiger partial charge in [-0.25, -0.2) is 4.99 Å². The Morgan fingerprint density at radius 1 is 1.07 bits per heavy atom. The average Bonchev–Trinajstić information content (AvgIpc) is 3.19. The molecule has 1 aromatic rings. The summed E-state index contributed by atoms with van der Waals surface area (Å²) in [6.45, 7) is 5.24. The van der Waals surface area contributed by atoms with Gasteiger partial charge >= 0.3 is 0 Å². The summed E-state index contributed by atoms with van der Waals surface area (Å²) in [5.41, 5.74) is 0.446. The third-order valence-electron chi connectivity index (χ3n) is 4.06. The quantitative estimate of drug-likeness (QED) is 0.362. The number of benzene rings is 1. The first-order chi connectivity index (χ1) is 13.0. The molecule has 1 heterocycles. The van der Waals surface area contributed by atoms with Gasteiger partial charge in [0.1, 0.15) is 6.54 Å². The monoisotopic (exact) mass is 413 g/mol. The van der Waals surface area contributed by atoms with Gasteiger partial charge < -0.3 is 20.9 Å². The Morgan fingerprint density at radius 3 is 2.44 bits per heavy atom. The molecule has 1 aliphatic rings. The normalized spacial score (nSPS) is 14.2. The van der Waals surface area contributed by atoms with Crippen molar-refractivity contribution >= 4 is 41.0 Å². The molecule has 9 heteroatoms. The van der Waals surface area contributed by atoms with E-state index in [4.69, 9.17) is 23.2 Å². The number of rotatable bonds is 7. The molecule has 1 fully saturated rings. The molecule has 1 saturated heterocycles. The third-order valence-corrected chi connectivity index (χ3v) is 4.80. The van der Waals surface area contributed by atoms with Crippen LogP contribution in [0.3, 0.4) is 0 Å². The molecule has 1 aromatic carbocycles. The molecule has 1 aliphatic heterocycles. The predicted molar refractivity (Wildman–Crippen MR) is 109 cm³/mol. The van der Waals surface area contributed by atoms with Gasteiger partial charge in [-0.3, -0.25) is 9.59 Å². The van der Waals surface area contributed by atoms with E-state index in [-0.39, 0.29) is 18.4 Å². The number of halogens is 2. The molecule has 148 valence electrons. The minimum atomic E-state index is -0.235. The first-order valence-electron chi connectivity index (χ1n) is 9.04. The molecule has 0 unspecified atom stereocenters. The van der Waals surface area contributed by atoms with Crippen molar-refractivity contribution in [2.75, 3.05) is 39.3 Å². The van der Waals surface area contributed by atoms with Crippen LogP contribution in [0.15, 0.2) is 23.2 Å². The van der Waals surface area contributed by atoms with E-state index in [9.17, 15) is 9.59 Å². The Hall–Kier alpha value is -1.99. The van der Waals surface area contributed by atoms with E-state index in [0.717, 1.165) is 25.9 Å². The molecule has 2 rings (SSSR count). The number of hydrogen-bond acceptors (Lipinski definition) is 3. The molecule has 0 aromatic heterocycles. The van der Waals surface area contributed by atoms with E-state index in [0.29, 0.717) is 41.2 Å². The number of aliphatic imine (C=N–C) groups is 1. The summed E-state index contributed by atoms with van der Waals surface area (Å²) >= 11 is 11.8. The van der Waals surface area contributed by atoms with Crippen LogP contribution in [-0.4, -0.2) is 61.9 Å². The molecule has 2 amide bonds. The lowest BCUT2D eigenvalue weighted by Crippen LogP contribution is -2.42. The number of likely N-dealkylation sites (tertiary alicyclic amines) is 1. The summed E-state index contributed by atoms with van der Waals surface area (Å²) < 4.78 is 0. The minimum absolute atomic E-state index is 0.0395. The maximum atomic E-state index is 12.1. The second-order valence-electron chi connectivity index (χ2n) is 6.09. The van der Waals surface area contributed by atoms with E-state index in [1.54, 1.807) is 12.1 Å². The molecule has 3 N–H and O–H groups in total. The van der Waals surface area contributed by atoms with Crippen molar-refractivity contribution in [3.63, 3.8) is 0 Å². The molecule has 0 bridgehead atoms. The van der Waals surface area contributed by atoms with Crippen LogP contribution in [0.5, 0.6) is 0 Å². The summed E-state index contributed by atoms with van der Waals surface area (Å²) in [5, 5.41) is 9.72. The SMILES string of the molecule is CCNC(=NCC(=O)N1CCCC1)NCCNC(=O)c1ccc(Cl)c(Cl)c1. The van der Waals surface area contributed by atoms with Crippen molar-refractivity contribution in [2.45, 2.75) is 19.8 Å². The number of amides is 2. The van der Waals surface area contributed by atoms with Crippen LogP contribution in [0.2, 0.25) is 10.0 Å². The molecule has 27 heavy (non-hydrogen) atoms. The largest absolute Gasteiger partial charge is 0.357 e. The highest BCUT2D eigenvalue weighted by Gasteiger charge is 2.17. The second-order valence-corrected chi connectivity index (χ2v) is 6.91. The Morgan fingerprint density at radius 2 is 1.78 bits per heavy atom. The first-order valence-corrected chi connectivity index (χ1v) is 9.80. The maximum Gasteiger partial charge on any atom is 0.251 e. The lowest BCUT2D eigenvalue weighted by atomic mass is 10.2. The number of nitrogens with zero attached hydrogens (tertiary/aromatic N) is 2. The van der Waals surface area contributed by atoms with Crippen LogP contribution >= 0.6 is 23.2 Å². The van der Waals surface area contributed by atoms with Gasteiger partial charge in [0.05, 0.1) is 10.0 Å². The Labute approximate surface area is 169 Å². The van der Waals surface area contributed by atoms with Gasteiger partial charge in [0.2, 0.25) is 5.91 Å². The number of carbonyl (C=O) groups excluding carboxylic acids is 2. The highest BCUT2D eigenvalue weighted by molar-refractivity contribution is 6.42. The van der Waals surface area contributed by atoms with Gasteiger partial charge in [-0.1, -0.05) is 23.2 Å². The molecule has 0 spiro atoms. The van der Waals surface area contributed by atoms with E-state index >= 15 is 0 Å². The highest BCUT2D eigenvalue weighted by atomic mass is 35.5. The van der Waals surface area contributed by atoms with Gasteiger partial charge in [0, 0.05) is 38.3 Å². The van der Waals surface area contributed by atoms with Crippen LogP contribution in [0, 0.1) is 0 Å². The standard InChI is InChI=1S/C18H25Cl2N5O2/c1-2-21-18(24-12-16(26)25-9-3-4-10-25)23-8-7-22-17(27)13-5-6-14(19)15(20)11-13/h5-6,11H,2-4,7-10,12H2,1H3,(H,22,27)(H2,21,23,24). The van der Waals surface area contributed by atoms with Crippen molar-refractivity contribution in [3.8, 4) is 0 Å². The summed E-state index contributed by atoms with van der Waals surface area (Å²) in [6, 6.07) is 4.74. The van der Waals surface area contributed by atoms with Crippen molar-refractivity contribution in [3.05, 3.63) is 33.8 Å². The molecular formula is C18H25Cl2N5O2. The number of carbonyl (C=O) groups is 2. The zero-order valence-electron chi connectivity index (χ0n) is 15.4. The minimum Gasteiger partial charge on any atom is -0.357 e. The van der Waals surface area contributed by atoms with Crippen molar-refractivity contribution in [1.82, 2.24) is 20.9 Å². The zero-order chi connectivity index (χ0) is 19.6. The Bertz CT molecular complexity index is 690. The molecule has 0 saturated carbocycles. The first kappa shape index (κ1) is 21.3. The van der Waals surface area contributed by atoms with Crippen LogP contribution in [0.1, 0.15) is 30.1 Å². The van der Waals surface area contributed by atoms with Crippen LogP contribution in [0.4, 0.5) is 0 Å². The van der Waals surface area contributed by atoms with E-state index < -0.39 is 0 Å². The number of nitrogens with one attached hydrogen (secondary N) is 3. The van der Waals surface area contributed by atoms with Crippen LogP contribution < -0.4 is 16.0 Å². The van der Waals surface area contributed by atoms with Gasteiger partial charge in [0.15, 0.2) is 5.96 Å². The Kier molecular flexibility index (Phi) is 8.67. The van der Waals surface area contributed by atoms with Gasteiger partial charge in [-0.2, -0.15) is 0 Å². The summed E-state index contributed by atoms with van der Waals surface area (Å²) in [6.07, 6.45) is 2.12. The van der Waals surface area contributed by atoms with Crippen molar-refractivity contribution in [1.29, 1.82) is 0 Å². The van der Waals surface area contributed by atoms with Crippen molar-refractivity contribution < 1.29 is 9.59 Å². The van der Waals surface area contributed by atoms with Gasteiger partial charge in [-0.15, -0.1) is 0 Å². The Balaban J connectivity index is 1.76. The molecule has 7 nitrogen and oxygen atoms in total. The topological polar surface area (TPSA) is 85.8 Å². The summed E-state index contributed by atoms with van der Waals surface area (Å²) in [7, 11) is 0. The highest BCUT2D eigenvalue weighted by Crippen LogP contribution is 2.22. The molecule has 0 radical (unpaired) electrons. The molecule has 0 atom stereocenters. The zero-order valence-corrected chi connectivity index (χ0v) is 16.9. The lowest BCUT2D eigenvalue weighted by Gasteiger charge is -2.15. The van der Waals surface area contributed by atoms with Crippen LogP contribution in [-0.2, 0) is 4.79 Å². The van der Waals surface area contributed by atoms with Gasteiger partial charge in [-0.05, 0) is 38.0 Å². The smallest absolute Gasteiger partial charge is 0.251 e. The second kappa shape index (κ2) is 11.0. The number of hydrogen-bond donors (Lipinski definition) is 3. The lowest BCUT2D eigenvalue weighted by molar-refractivity contribution is -0.128. The number of guanidine groups is 1. The molecule has 0 aliphatic carbocycles. The van der Waals surface area contributed by atoms with Gasteiger partial charge in [0.25, 0.3) is 5.91 Å². The predicted octanol–water partition coefficient (Wildman–Crippen LogP) is 1.90. The van der Waals surface area contributed by atoms with E-state index in [1.807, 2.05) is 11.8 Å². The molecular weight excluding hydrogens is 389 g/mol. The van der Waals surface area contributed by atoms with Crippen molar-refractivity contribution in [2.24, 2.45) is 4.99 Å². The fourth-order valence-electron chi connectivity index (χ4n) is 2.65. The van der Waals surface area contributed by atoms with E-state index in [1.165, 1.54) is 6.07 Å². The average molecular weight is 414 g/mol. The third kappa shape index (κ3) is 6.92. The summed E-state index contributed by atoms with van der Waals surface area (Å²) in [4.78, 5) is 30.3. The maximum absolute atomic E-state index is 12.1. The fourth-order valence-corrected chi connectivity index (χ4v) is 2.95. The van der Waals surface area contributed by atoms with Crippen LogP contribution in [0.25, 0.3) is 0 Å². The fraction of sp³-hybridized carbons (Fsp3) is 0.500. The summed E-state index contributed by atoms with van der Waals surface area (Å²) in [5.74, 6) is 0.355. The van der Waals surface area contributed by atoms with E-state index in [2.05, 4.69) is 20.9 Å².